The van der Waals surface area contributed by atoms with Gasteiger partial charge in [0.25, 0.3) is 0 Å². The SMILES string of the molecule is CC(N)(C#N)CCCN1CCCc2ccccc21. The molecule has 96 valence electrons. The normalized spacial score (nSPS) is 17.7. The highest BCUT2D eigenvalue weighted by atomic mass is 15.1. The van der Waals surface area contributed by atoms with Gasteiger partial charge in [0.05, 0.1) is 6.07 Å². The third-order valence-corrected chi connectivity index (χ3v) is 3.59. The van der Waals surface area contributed by atoms with E-state index < -0.39 is 5.54 Å². The van der Waals surface area contributed by atoms with Crippen molar-refractivity contribution in [1.29, 1.82) is 5.26 Å². The number of hydrogen-bond donors (Lipinski definition) is 1. The van der Waals surface area contributed by atoms with E-state index in [4.69, 9.17) is 11.0 Å². The van der Waals surface area contributed by atoms with Crippen molar-refractivity contribution in [3.05, 3.63) is 29.8 Å². The molecule has 1 heterocycles. The molecular formula is C15H21N3. The first kappa shape index (κ1) is 12.9. The molecule has 1 aromatic rings. The molecule has 0 aliphatic carbocycles. The van der Waals surface area contributed by atoms with Crippen LogP contribution in [0.5, 0.6) is 0 Å². The Labute approximate surface area is 109 Å². The van der Waals surface area contributed by atoms with Gasteiger partial charge in [0.2, 0.25) is 0 Å². The fourth-order valence-corrected chi connectivity index (χ4v) is 2.54. The van der Waals surface area contributed by atoms with Crippen LogP contribution in [0.15, 0.2) is 24.3 Å². The zero-order valence-corrected chi connectivity index (χ0v) is 11.0. The number of hydrogen-bond acceptors (Lipinski definition) is 3. The van der Waals surface area contributed by atoms with Crippen molar-refractivity contribution in [3.8, 4) is 6.07 Å². The van der Waals surface area contributed by atoms with Crippen LogP contribution in [0, 0.1) is 11.3 Å². The molecule has 0 amide bonds. The molecule has 0 spiro atoms. The Morgan fingerprint density at radius 1 is 1.44 bits per heavy atom. The molecule has 3 heteroatoms. The molecule has 1 aliphatic heterocycles. The Hall–Kier alpha value is -1.53. The molecule has 18 heavy (non-hydrogen) atoms. The summed E-state index contributed by atoms with van der Waals surface area (Å²) in [6.07, 6.45) is 4.12. The Bertz CT molecular complexity index is 445. The molecule has 1 aromatic carbocycles. The van der Waals surface area contributed by atoms with Crippen molar-refractivity contribution in [1.82, 2.24) is 0 Å². The van der Waals surface area contributed by atoms with Gasteiger partial charge in [-0.25, -0.2) is 0 Å². The summed E-state index contributed by atoms with van der Waals surface area (Å²) in [6.45, 7) is 3.91. The van der Waals surface area contributed by atoms with Crippen LogP contribution in [0.4, 0.5) is 5.69 Å². The second-order valence-corrected chi connectivity index (χ2v) is 5.35. The highest BCUT2D eigenvalue weighted by Crippen LogP contribution is 2.27. The third-order valence-electron chi connectivity index (χ3n) is 3.59. The van der Waals surface area contributed by atoms with Gasteiger partial charge in [-0.1, -0.05) is 18.2 Å². The molecule has 0 saturated heterocycles. The smallest absolute Gasteiger partial charge is 0.101 e. The highest BCUT2D eigenvalue weighted by Gasteiger charge is 2.19. The van der Waals surface area contributed by atoms with Crippen molar-refractivity contribution >= 4 is 5.69 Å². The number of nitrogens with zero attached hydrogens (tertiary/aromatic N) is 2. The number of anilines is 1. The average molecular weight is 243 g/mol. The van der Waals surface area contributed by atoms with Crippen molar-refractivity contribution < 1.29 is 0 Å². The van der Waals surface area contributed by atoms with Crippen LogP contribution in [0.1, 0.15) is 31.7 Å². The molecule has 3 nitrogen and oxygen atoms in total. The number of benzene rings is 1. The number of rotatable bonds is 4. The topological polar surface area (TPSA) is 53.1 Å². The molecule has 0 bridgehead atoms. The van der Waals surface area contributed by atoms with Crippen LogP contribution < -0.4 is 10.6 Å². The molecule has 1 unspecified atom stereocenters. The van der Waals surface area contributed by atoms with Gasteiger partial charge in [-0.15, -0.1) is 0 Å². The van der Waals surface area contributed by atoms with E-state index in [2.05, 4.69) is 35.2 Å². The van der Waals surface area contributed by atoms with Gasteiger partial charge in [-0.05, 0) is 44.2 Å². The fourth-order valence-electron chi connectivity index (χ4n) is 2.54. The van der Waals surface area contributed by atoms with E-state index >= 15 is 0 Å². The van der Waals surface area contributed by atoms with Gasteiger partial charge in [0, 0.05) is 18.8 Å². The minimum absolute atomic E-state index is 0.685. The first-order valence-electron chi connectivity index (χ1n) is 6.65. The van der Waals surface area contributed by atoms with Crippen molar-refractivity contribution in [2.75, 3.05) is 18.0 Å². The van der Waals surface area contributed by atoms with Gasteiger partial charge in [-0.3, -0.25) is 0 Å². The zero-order chi connectivity index (χ0) is 13.0. The number of para-hydroxylation sites is 1. The number of nitrogens with two attached hydrogens (primary N) is 1. The van der Waals surface area contributed by atoms with Gasteiger partial charge in [0.1, 0.15) is 5.54 Å². The quantitative estimate of drug-likeness (QED) is 0.883. The summed E-state index contributed by atoms with van der Waals surface area (Å²) >= 11 is 0. The number of aryl methyl sites for hydroxylation is 1. The fraction of sp³-hybridized carbons (Fsp3) is 0.533. The standard InChI is InChI=1S/C15H21N3/c1-15(17,12-16)9-5-11-18-10-4-7-13-6-2-3-8-14(13)18/h2-3,6,8H,4-5,7,9-11,17H2,1H3. The summed E-state index contributed by atoms with van der Waals surface area (Å²) in [7, 11) is 0. The lowest BCUT2D eigenvalue weighted by atomic mass is 9.97. The van der Waals surface area contributed by atoms with Crippen molar-refractivity contribution in [2.24, 2.45) is 5.73 Å². The van der Waals surface area contributed by atoms with Crippen LogP contribution in [-0.2, 0) is 6.42 Å². The summed E-state index contributed by atoms with van der Waals surface area (Å²) in [5.41, 5.74) is 7.97. The third kappa shape index (κ3) is 3.02. The summed E-state index contributed by atoms with van der Waals surface area (Å²) < 4.78 is 0. The minimum Gasteiger partial charge on any atom is -0.371 e. The molecule has 2 N–H and O–H groups in total. The number of nitriles is 1. The van der Waals surface area contributed by atoms with E-state index in [0.29, 0.717) is 0 Å². The molecule has 0 fully saturated rings. The largest absolute Gasteiger partial charge is 0.371 e. The van der Waals surface area contributed by atoms with Crippen LogP contribution >= 0.6 is 0 Å². The van der Waals surface area contributed by atoms with Gasteiger partial charge >= 0.3 is 0 Å². The maximum atomic E-state index is 8.90. The molecule has 0 radical (unpaired) electrons. The Balaban J connectivity index is 1.94. The van der Waals surface area contributed by atoms with Crippen LogP contribution in [0.2, 0.25) is 0 Å². The van der Waals surface area contributed by atoms with Crippen LogP contribution in [0.25, 0.3) is 0 Å². The molecule has 2 rings (SSSR count). The van der Waals surface area contributed by atoms with Crippen LogP contribution in [-0.4, -0.2) is 18.6 Å². The summed E-state index contributed by atoms with van der Waals surface area (Å²) in [5, 5.41) is 8.90. The summed E-state index contributed by atoms with van der Waals surface area (Å²) in [5.74, 6) is 0. The maximum absolute atomic E-state index is 8.90. The molecule has 1 aliphatic rings. The first-order valence-corrected chi connectivity index (χ1v) is 6.65. The molecule has 0 saturated carbocycles. The lowest BCUT2D eigenvalue weighted by Gasteiger charge is -2.31. The van der Waals surface area contributed by atoms with Crippen molar-refractivity contribution in [3.63, 3.8) is 0 Å². The summed E-state index contributed by atoms with van der Waals surface area (Å²) in [6, 6.07) is 10.8. The van der Waals surface area contributed by atoms with E-state index in [1.807, 2.05) is 0 Å². The molecule has 1 atom stereocenters. The van der Waals surface area contributed by atoms with E-state index in [-0.39, 0.29) is 0 Å². The maximum Gasteiger partial charge on any atom is 0.101 e. The number of fused-ring (bicyclic) bond motifs is 1. The van der Waals surface area contributed by atoms with Gasteiger partial charge in [0.15, 0.2) is 0 Å². The van der Waals surface area contributed by atoms with E-state index in [9.17, 15) is 0 Å². The van der Waals surface area contributed by atoms with E-state index in [1.54, 1.807) is 6.92 Å². The van der Waals surface area contributed by atoms with Crippen LogP contribution in [0.3, 0.4) is 0 Å². The Kier molecular flexibility index (Phi) is 3.88. The van der Waals surface area contributed by atoms with Gasteiger partial charge < -0.3 is 10.6 Å². The Morgan fingerprint density at radius 2 is 2.22 bits per heavy atom. The predicted molar refractivity (Wildman–Crippen MR) is 74.4 cm³/mol. The van der Waals surface area contributed by atoms with Gasteiger partial charge in [-0.2, -0.15) is 5.26 Å². The lowest BCUT2D eigenvalue weighted by molar-refractivity contribution is 0.514. The van der Waals surface area contributed by atoms with E-state index in [0.717, 1.165) is 25.9 Å². The predicted octanol–water partition coefficient (Wildman–Crippen LogP) is 2.46. The first-order chi connectivity index (χ1) is 8.62. The molecular weight excluding hydrogens is 222 g/mol. The molecule has 0 aromatic heterocycles. The monoisotopic (exact) mass is 243 g/mol. The second-order valence-electron chi connectivity index (χ2n) is 5.35. The minimum atomic E-state index is -0.685. The van der Waals surface area contributed by atoms with E-state index in [1.165, 1.54) is 24.1 Å². The lowest BCUT2D eigenvalue weighted by Crippen LogP contribution is -2.36. The average Bonchev–Trinajstić information content (AvgIpc) is 2.39. The summed E-state index contributed by atoms with van der Waals surface area (Å²) in [4.78, 5) is 2.42. The zero-order valence-electron chi connectivity index (χ0n) is 11.0. The van der Waals surface area contributed by atoms with Crippen molar-refractivity contribution in [2.45, 2.75) is 38.1 Å². The Morgan fingerprint density at radius 3 is 3.00 bits per heavy atom. The second kappa shape index (κ2) is 5.41. The highest BCUT2D eigenvalue weighted by molar-refractivity contribution is 5.55.